The molecule has 1 aromatic carbocycles. The molecule has 2 N–H and O–H groups in total. The van der Waals surface area contributed by atoms with Crippen molar-refractivity contribution in [2.75, 3.05) is 40.4 Å². The van der Waals surface area contributed by atoms with Gasteiger partial charge in [0.1, 0.15) is 0 Å². The smallest absolute Gasteiger partial charge is 0.222 e. The van der Waals surface area contributed by atoms with E-state index in [1.54, 1.807) is 14.2 Å². The second kappa shape index (κ2) is 12.0. The van der Waals surface area contributed by atoms with Gasteiger partial charge in [-0.05, 0) is 36.6 Å². The molecule has 158 valence electrons. The molecule has 1 aromatic rings. The number of carbonyl (C=O) groups is 1. The Hall–Kier alpha value is -1.71. The van der Waals surface area contributed by atoms with Gasteiger partial charge in [0.05, 0.1) is 20.8 Å². The highest BCUT2D eigenvalue weighted by Gasteiger charge is 2.21. The predicted octanol–water partition coefficient (Wildman–Crippen LogP) is 2.42. The third kappa shape index (κ3) is 6.42. The fourth-order valence-electron chi connectivity index (χ4n) is 3.03. The summed E-state index contributed by atoms with van der Waals surface area (Å²) >= 11 is 0. The predicted molar refractivity (Wildman–Crippen MR) is 123 cm³/mol. The molecule has 1 amide bonds. The molecule has 8 heteroatoms. The highest BCUT2D eigenvalue weighted by molar-refractivity contribution is 14.0. The summed E-state index contributed by atoms with van der Waals surface area (Å²) in [5.74, 6) is 2.44. The van der Waals surface area contributed by atoms with Crippen molar-refractivity contribution in [3.05, 3.63) is 23.3 Å². The van der Waals surface area contributed by atoms with E-state index in [0.29, 0.717) is 13.1 Å². The molecule has 0 saturated heterocycles. The fraction of sp³-hybridized carbons (Fsp3) is 0.600. The van der Waals surface area contributed by atoms with Crippen LogP contribution < -0.4 is 20.1 Å². The molecule has 2 rings (SSSR count). The van der Waals surface area contributed by atoms with Crippen LogP contribution in [0.1, 0.15) is 31.9 Å². The molecular weight excluding hydrogens is 471 g/mol. The van der Waals surface area contributed by atoms with Crippen molar-refractivity contribution in [3.63, 3.8) is 0 Å². The third-order valence-corrected chi connectivity index (χ3v) is 4.55. The largest absolute Gasteiger partial charge is 0.493 e. The Balaban J connectivity index is 0.00000392. The van der Waals surface area contributed by atoms with E-state index in [1.807, 2.05) is 19.9 Å². The van der Waals surface area contributed by atoms with Gasteiger partial charge in [-0.1, -0.05) is 13.8 Å². The maximum atomic E-state index is 11.7. The number of hydrogen-bond acceptors (Lipinski definition) is 4. The number of halogens is 1. The van der Waals surface area contributed by atoms with E-state index in [2.05, 4.69) is 33.5 Å². The van der Waals surface area contributed by atoms with Gasteiger partial charge in [0.2, 0.25) is 5.91 Å². The van der Waals surface area contributed by atoms with Gasteiger partial charge < -0.3 is 25.0 Å². The number of methoxy groups -OCH3 is 2. The van der Waals surface area contributed by atoms with Gasteiger partial charge >= 0.3 is 0 Å². The summed E-state index contributed by atoms with van der Waals surface area (Å²) in [4.78, 5) is 18.6. The number of amides is 1. The van der Waals surface area contributed by atoms with E-state index in [9.17, 15) is 4.79 Å². The maximum Gasteiger partial charge on any atom is 0.222 e. The van der Waals surface area contributed by atoms with Crippen molar-refractivity contribution in [2.45, 2.75) is 33.7 Å². The second-order valence-electron chi connectivity index (χ2n) is 6.83. The molecule has 7 nitrogen and oxygen atoms in total. The molecule has 0 fully saturated rings. The van der Waals surface area contributed by atoms with Gasteiger partial charge in [-0.2, -0.15) is 0 Å². The number of ether oxygens (including phenoxy) is 2. The third-order valence-electron chi connectivity index (χ3n) is 4.55. The summed E-state index contributed by atoms with van der Waals surface area (Å²) in [6, 6.07) is 4.11. The van der Waals surface area contributed by atoms with Crippen molar-refractivity contribution in [1.29, 1.82) is 0 Å². The van der Waals surface area contributed by atoms with E-state index < -0.39 is 0 Å². The van der Waals surface area contributed by atoms with Crippen molar-refractivity contribution in [1.82, 2.24) is 15.5 Å². The normalized spacial score (nSPS) is 13.5. The molecule has 0 bridgehead atoms. The van der Waals surface area contributed by atoms with Crippen LogP contribution in [0.25, 0.3) is 0 Å². The number of nitrogens with zero attached hydrogens (tertiary/aromatic N) is 2. The number of rotatable bonds is 7. The van der Waals surface area contributed by atoms with Gasteiger partial charge in [0, 0.05) is 32.1 Å². The Kier molecular flexibility index (Phi) is 10.4. The summed E-state index contributed by atoms with van der Waals surface area (Å²) in [5, 5.41) is 6.26. The van der Waals surface area contributed by atoms with Gasteiger partial charge in [-0.25, -0.2) is 0 Å². The zero-order valence-electron chi connectivity index (χ0n) is 17.5. The molecule has 0 aromatic heterocycles. The number of fused-ring (bicyclic) bond motifs is 1. The first kappa shape index (κ1) is 24.3. The van der Waals surface area contributed by atoms with E-state index in [4.69, 9.17) is 9.47 Å². The topological polar surface area (TPSA) is 75.2 Å². The van der Waals surface area contributed by atoms with Gasteiger partial charge in [-0.15, -0.1) is 24.0 Å². The first-order valence-corrected chi connectivity index (χ1v) is 9.54. The van der Waals surface area contributed by atoms with Crippen molar-refractivity contribution in [2.24, 2.45) is 10.9 Å². The number of guanidine groups is 1. The Labute approximate surface area is 185 Å². The minimum absolute atomic E-state index is 0. The molecule has 28 heavy (non-hydrogen) atoms. The molecule has 1 heterocycles. The fourth-order valence-corrected chi connectivity index (χ4v) is 3.03. The molecule has 1 aliphatic heterocycles. The number of hydrogen-bond donors (Lipinski definition) is 2. The van der Waals surface area contributed by atoms with E-state index >= 15 is 0 Å². The average Bonchev–Trinajstić information content (AvgIpc) is 2.68. The Morgan fingerprint density at radius 1 is 1.18 bits per heavy atom. The summed E-state index contributed by atoms with van der Waals surface area (Å²) in [6.45, 7) is 9.37. The number of nitrogens with one attached hydrogen (secondary N) is 2. The van der Waals surface area contributed by atoms with Gasteiger partial charge in [0.15, 0.2) is 17.5 Å². The van der Waals surface area contributed by atoms with E-state index in [-0.39, 0.29) is 35.8 Å². The lowest BCUT2D eigenvalue weighted by Crippen LogP contribution is -2.44. The van der Waals surface area contributed by atoms with Crippen LogP contribution in [-0.2, 0) is 17.8 Å². The molecule has 0 aliphatic carbocycles. The monoisotopic (exact) mass is 504 g/mol. The summed E-state index contributed by atoms with van der Waals surface area (Å²) in [5.41, 5.74) is 2.50. The zero-order valence-corrected chi connectivity index (χ0v) is 19.8. The Morgan fingerprint density at radius 3 is 2.39 bits per heavy atom. The highest BCUT2D eigenvalue weighted by atomic mass is 127. The Morgan fingerprint density at radius 2 is 1.82 bits per heavy atom. The molecule has 0 unspecified atom stereocenters. The average molecular weight is 504 g/mol. The van der Waals surface area contributed by atoms with Gasteiger partial charge in [0.25, 0.3) is 0 Å². The molecule has 0 atom stereocenters. The van der Waals surface area contributed by atoms with Crippen LogP contribution >= 0.6 is 24.0 Å². The number of carbonyl (C=O) groups excluding carboxylic acids is 1. The quantitative estimate of drug-likeness (QED) is 0.258. The molecule has 0 saturated carbocycles. The van der Waals surface area contributed by atoms with Crippen molar-refractivity contribution < 1.29 is 14.3 Å². The molecule has 0 spiro atoms. The van der Waals surface area contributed by atoms with Crippen LogP contribution in [0.2, 0.25) is 0 Å². The minimum atomic E-state index is -0.00668. The summed E-state index contributed by atoms with van der Waals surface area (Å²) in [6.07, 6.45) is 0.921. The standard InChI is InChI=1S/C20H32N4O3.HI/c1-6-21-20(23-9-8-22-19(25)14(2)3)24-10-7-15-11-17(26-4)18(27-5)12-16(15)13-24;/h11-12,14H,6-10,13H2,1-5H3,(H,21,23)(H,22,25);1H. The first-order valence-electron chi connectivity index (χ1n) is 9.54. The molecule has 1 aliphatic rings. The van der Waals surface area contributed by atoms with Crippen LogP contribution in [0.15, 0.2) is 17.1 Å². The number of aliphatic imine (C=N–C) groups is 1. The maximum absolute atomic E-state index is 11.7. The summed E-state index contributed by atoms with van der Waals surface area (Å²) < 4.78 is 10.8. The van der Waals surface area contributed by atoms with Crippen LogP contribution in [0.4, 0.5) is 0 Å². The Bertz CT molecular complexity index is 680. The summed E-state index contributed by atoms with van der Waals surface area (Å²) in [7, 11) is 3.31. The van der Waals surface area contributed by atoms with Crippen molar-refractivity contribution >= 4 is 35.8 Å². The second-order valence-corrected chi connectivity index (χ2v) is 6.83. The SMILES string of the molecule is CCNC(=NCCNC(=O)C(C)C)N1CCc2cc(OC)c(OC)cc2C1.I. The first-order chi connectivity index (χ1) is 13.0. The van der Waals surface area contributed by atoms with E-state index in [0.717, 1.165) is 43.5 Å². The minimum Gasteiger partial charge on any atom is -0.493 e. The van der Waals surface area contributed by atoms with Crippen molar-refractivity contribution in [3.8, 4) is 11.5 Å². The lowest BCUT2D eigenvalue weighted by molar-refractivity contribution is -0.123. The van der Waals surface area contributed by atoms with Crippen LogP contribution in [0.5, 0.6) is 11.5 Å². The molecule has 0 radical (unpaired) electrons. The van der Waals surface area contributed by atoms with E-state index in [1.165, 1.54) is 11.1 Å². The molecular formula is C20H33IN4O3. The zero-order chi connectivity index (χ0) is 19.8. The number of benzene rings is 1. The van der Waals surface area contributed by atoms with Gasteiger partial charge in [-0.3, -0.25) is 9.79 Å². The van der Waals surface area contributed by atoms with Crippen LogP contribution in [-0.4, -0.2) is 57.2 Å². The van der Waals surface area contributed by atoms with Crippen LogP contribution in [0, 0.1) is 5.92 Å². The lowest BCUT2D eigenvalue weighted by Gasteiger charge is -2.32. The van der Waals surface area contributed by atoms with Crippen LogP contribution in [0.3, 0.4) is 0 Å². The lowest BCUT2D eigenvalue weighted by atomic mass is 9.99. The highest BCUT2D eigenvalue weighted by Crippen LogP contribution is 2.33.